The van der Waals surface area contributed by atoms with E-state index in [1.54, 1.807) is 18.5 Å². The number of hydrogen-bond donors (Lipinski definition) is 1. The number of alkyl halides is 3. The van der Waals surface area contributed by atoms with Gasteiger partial charge in [-0.25, -0.2) is 0 Å². The van der Waals surface area contributed by atoms with Crippen LogP contribution in [0.3, 0.4) is 0 Å². The number of aromatic nitrogens is 2. The van der Waals surface area contributed by atoms with Crippen LogP contribution in [0.1, 0.15) is 34.5 Å². The summed E-state index contributed by atoms with van der Waals surface area (Å²) in [5.74, 6) is 0.125. The minimum Gasteiger partial charge on any atom is -0.381 e. The minimum absolute atomic E-state index is 0.246. The molecule has 0 unspecified atom stereocenters. The number of fused-ring (bicyclic) bond motifs is 1. The fourth-order valence-corrected chi connectivity index (χ4v) is 4.89. The van der Waals surface area contributed by atoms with E-state index in [9.17, 15) is 18.0 Å². The number of hydrogen-bond acceptors (Lipinski definition) is 3. The molecule has 4 heterocycles. The topological polar surface area (TPSA) is 56.2 Å². The number of nitrogens with one attached hydrogen (secondary N) is 1. The molecule has 1 fully saturated rings. The van der Waals surface area contributed by atoms with Crippen molar-refractivity contribution in [1.82, 2.24) is 14.9 Å². The van der Waals surface area contributed by atoms with Crippen molar-refractivity contribution < 1.29 is 22.7 Å². The first-order valence-electron chi connectivity index (χ1n) is 11.1. The van der Waals surface area contributed by atoms with Gasteiger partial charge in [0.1, 0.15) is 0 Å². The van der Waals surface area contributed by atoms with Crippen molar-refractivity contribution in [3.05, 3.63) is 65.6 Å². The molecule has 1 saturated heterocycles. The fraction of sp³-hybridized carbons (Fsp3) is 0.360. The van der Waals surface area contributed by atoms with Gasteiger partial charge in [-0.15, -0.1) is 0 Å². The Hall–Kier alpha value is -3.13. The number of rotatable bonds is 4. The highest BCUT2D eigenvalue weighted by Gasteiger charge is 2.34. The van der Waals surface area contributed by atoms with Crippen LogP contribution in [0, 0.1) is 5.92 Å². The molecule has 2 aliphatic rings. The molecule has 0 radical (unpaired) electrons. The summed E-state index contributed by atoms with van der Waals surface area (Å²) >= 11 is 0. The lowest BCUT2D eigenvalue weighted by molar-refractivity contribution is -0.137. The lowest BCUT2D eigenvalue weighted by Crippen LogP contribution is -2.33. The molecular weight excluding hydrogens is 431 g/mol. The Bertz CT molecular complexity index is 1170. The Labute approximate surface area is 189 Å². The standard InChI is InChI=1S/C25H24F3N3O2/c26-25(27,28)19-3-1-2-18(14-19)21-22-20(6-11-30-24(22)32)31(15-16-7-12-33-13-8-16)23(21)17-4-9-29-10-5-17/h1-5,9-10,14,16H,6-8,11-13,15H2,(H,30,32). The van der Waals surface area contributed by atoms with Crippen molar-refractivity contribution in [2.75, 3.05) is 19.8 Å². The van der Waals surface area contributed by atoms with E-state index in [1.165, 1.54) is 6.07 Å². The van der Waals surface area contributed by atoms with Gasteiger partial charge >= 0.3 is 6.18 Å². The van der Waals surface area contributed by atoms with Crippen LogP contribution in [0.5, 0.6) is 0 Å². The molecule has 2 aliphatic heterocycles. The van der Waals surface area contributed by atoms with Gasteiger partial charge in [-0.1, -0.05) is 12.1 Å². The van der Waals surface area contributed by atoms with E-state index >= 15 is 0 Å². The predicted molar refractivity (Wildman–Crippen MR) is 118 cm³/mol. The summed E-state index contributed by atoms with van der Waals surface area (Å²) in [5, 5.41) is 2.88. The average molecular weight is 455 g/mol. The first-order chi connectivity index (χ1) is 15.9. The number of amides is 1. The van der Waals surface area contributed by atoms with E-state index in [0.29, 0.717) is 55.3 Å². The van der Waals surface area contributed by atoms with Crippen LogP contribution in [0.15, 0.2) is 48.8 Å². The molecule has 0 saturated carbocycles. The van der Waals surface area contributed by atoms with E-state index in [-0.39, 0.29) is 5.91 Å². The summed E-state index contributed by atoms with van der Waals surface area (Å²) in [6, 6.07) is 8.93. The lowest BCUT2D eigenvalue weighted by atomic mass is 9.94. The second-order valence-electron chi connectivity index (χ2n) is 8.53. The van der Waals surface area contributed by atoms with Gasteiger partial charge < -0.3 is 14.6 Å². The smallest absolute Gasteiger partial charge is 0.381 e. The summed E-state index contributed by atoms with van der Waals surface area (Å²) in [6.45, 7) is 2.58. The minimum atomic E-state index is -4.47. The molecule has 5 nitrogen and oxygen atoms in total. The zero-order chi connectivity index (χ0) is 23.0. The van der Waals surface area contributed by atoms with Crippen molar-refractivity contribution in [3.8, 4) is 22.4 Å². The summed E-state index contributed by atoms with van der Waals surface area (Å²) < 4.78 is 48.3. The van der Waals surface area contributed by atoms with Crippen LogP contribution in [0.4, 0.5) is 13.2 Å². The van der Waals surface area contributed by atoms with E-state index in [0.717, 1.165) is 41.9 Å². The van der Waals surface area contributed by atoms with Crippen LogP contribution >= 0.6 is 0 Å². The van der Waals surface area contributed by atoms with Gasteiger partial charge in [-0.3, -0.25) is 9.78 Å². The normalized spacial score (nSPS) is 17.0. The predicted octanol–water partition coefficient (Wildman–Crippen LogP) is 4.95. The first-order valence-corrected chi connectivity index (χ1v) is 11.1. The molecule has 0 spiro atoms. The maximum absolute atomic E-state index is 13.5. The quantitative estimate of drug-likeness (QED) is 0.606. The Kier molecular flexibility index (Phi) is 5.70. The zero-order valence-corrected chi connectivity index (χ0v) is 18.0. The number of nitrogens with zero attached hydrogens (tertiary/aromatic N) is 2. The molecule has 2 aromatic heterocycles. The van der Waals surface area contributed by atoms with Crippen LogP contribution in [-0.4, -0.2) is 35.2 Å². The Morgan fingerprint density at radius 1 is 1.06 bits per heavy atom. The van der Waals surface area contributed by atoms with Crippen molar-refractivity contribution in [2.45, 2.75) is 32.0 Å². The summed E-state index contributed by atoms with van der Waals surface area (Å²) in [7, 11) is 0. The van der Waals surface area contributed by atoms with E-state index < -0.39 is 11.7 Å². The molecular formula is C25H24F3N3O2. The van der Waals surface area contributed by atoms with Gasteiger partial charge in [-0.2, -0.15) is 13.2 Å². The van der Waals surface area contributed by atoms with Gasteiger partial charge in [0, 0.05) is 61.9 Å². The summed E-state index contributed by atoms with van der Waals surface area (Å²) in [4.78, 5) is 17.2. The van der Waals surface area contributed by atoms with Gasteiger partial charge in [0.2, 0.25) is 0 Å². The van der Waals surface area contributed by atoms with E-state index in [4.69, 9.17) is 4.74 Å². The maximum atomic E-state index is 13.5. The molecule has 33 heavy (non-hydrogen) atoms. The molecule has 0 aliphatic carbocycles. The molecule has 8 heteroatoms. The molecule has 1 N–H and O–H groups in total. The van der Waals surface area contributed by atoms with Crippen LogP contribution in [0.2, 0.25) is 0 Å². The largest absolute Gasteiger partial charge is 0.416 e. The number of carbonyl (C=O) groups is 1. The SMILES string of the molecule is O=C1NCCc2c1c(-c1cccc(C(F)(F)F)c1)c(-c1ccncc1)n2CC1CCOCC1. The molecule has 172 valence electrons. The Morgan fingerprint density at radius 3 is 2.55 bits per heavy atom. The first kappa shape index (κ1) is 21.7. The van der Waals surface area contributed by atoms with Crippen molar-refractivity contribution >= 4 is 5.91 Å². The third kappa shape index (κ3) is 4.15. The molecule has 5 rings (SSSR count). The van der Waals surface area contributed by atoms with Crippen LogP contribution in [0.25, 0.3) is 22.4 Å². The van der Waals surface area contributed by atoms with Crippen molar-refractivity contribution in [2.24, 2.45) is 5.92 Å². The number of benzene rings is 1. The Morgan fingerprint density at radius 2 is 1.82 bits per heavy atom. The molecule has 3 aromatic rings. The van der Waals surface area contributed by atoms with Gasteiger partial charge in [0.25, 0.3) is 5.91 Å². The fourth-order valence-electron chi connectivity index (χ4n) is 4.89. The summed E-state index contributed by atoms with van der Waals surface area (Å²) in [5.41, 5.74) is 3.14. The third-order valence-corrected chi connectivity index (χ3v) is 6.46. The monoisotopic (exact) mass is 455 g/mol. The highest BCUT2D eigenvalue weighted by molar-refractivity contribution is 6.07. The van der Waals surface area contributed by atoms with Crippen LogP contribution in [-0.2, 0) is 23.9 Å². The van der Waals surface area contributed by atoms with Crippen molar-refractivity contribution in [3.63, 3.8) is 0 Å². The lowest BCUT2D eigenvalue weighted by Gasteiger charge is -2.26. The van der Waals surface area contributed by atoms with Gasteiger partial charge in [-0.05, 0) is 48.6 Å². The highest BCUT2D eigenvalue weighted by atomic mass is 19.4. The third-order valence-electron chi connectivity index (χ3n) is 6.46. The second kappa shape index (κ2) is 8.67. The molecule has 0 atom stereocenters. The highest BCUT2D eigenvalue weighted by Crippen LogP contribution is 2.43. The number of carbonyl (C=O) groups excluding carboxylic acids is 1. The van der Waals surface area contributed by atoms with Crippen molar-refractivity contribution in [1.29, 1.82) is 0 Å². The van der Waals surface area contributed by atoms with Gasteiger partial charge in [0.05, 0.1) is 16.8 Å². The zero-order valence-electron chi connectivity index (χ0n) is 18.0. The number of halogens is 3. The molecule has 0 bridgehead atoms. The van der Waals surface area contributed by atoms with Crippen LogP contribution < -0.4 is 5.32 Å². The van der Waals surface area contributed by atoms with Gasteiger partial charge in [0.15, 0.2) is 0 Å². The average Bonchev–Trinajstić information content (AvgIpc) is 3.15. The second-order valence-corrected chi connectivity index (χ2v) is 8.53. The molecule has 1 aromatic carbocycles. The number of ether oxygens (including phenoxy) is 1. The maximum Gasteiger partial charge on any atom is 0.416 e. The summed E-state index contributed by atoms with van der Waals surface area (Å²) in [6.07, 6.45) is 1.30. The Balaban J connectivity index is 1.77. The number of pyridine rings is 1. The van der Waals surface area contributed by atoms with E-state index in [2.05, 4.69) is 14.9 Å². The van der Waals surface area contributed by atoms with E-state index in [1.807, 2.05) is 12.1 Å². The molecule has 1 amide bonds.